The number of rotatable bonds is 12. The van der Waals surface area contributed by atoms with Crippen molar-refractivity contribution in [3.8, 4) is 0 Å². The largest absolute Gasteiger partial charge is 0.396 e. The molecule has 37 heavy (non-hydrogen) atoms. The quantitative estimate of drug-likeness (QED) is 0.345. The summed E-state index contributed by atoms with van der Waals surface area (Å²) in [6, 6.07) is 8.88. The fraction of sp³-hybridized carbons (Fsp3) is 0.552. The highest BCUT2D eigenvalue weighted by molar-refractivity contribution is 5.99. The number of carbonyl (C=O) groups is 3. The van der Waals surface area contributed by atoms with Gasteiger partial charge in [0.25, 0.3) is 0 Å². The van der Waals surface area contributed by atoms with Gasteiger partial charge in [0.2, 0.25) is 17.7 Å². The van der Waals surface area contributed by atoms with E-state index in [0.717, 1.165) is 5.56 Å². The number of benzene rings is 1. The van der Waals surface area contributed by atoms with Crippen molar-refractivity contribution in [1.82, 2.24) is 14.7 Å². The third kappa shape index (κ3) is 4.61. The molecule has 1 N–H and O–H groups in total. The number of likely N-dealkylation sites (N-methyl/N-ethyl adjacent to an activating group) is 1. The molecule has 3 saturated heterocycles. The van der Waals surface area contributed by atoms with Gasteiger partial charge in [-0.05, 0) is 38.2 Å². The van der Waals surface area contributed by atoms with Crippen molar-refractivity contribution in [2.24, 2.45) is 11.8 Å². The first-order chi connectivity index (χ1) is 17.7. The number of hydrogen-bond donors (Lipinski definition) is 1. The van der Waals surface area contributed by atoms with Crippen molar-refractivity contribution in [2.45, 2.75) is 56.4 Å². The number of likely N-dealkylation sites (tertiary alicyclic amines) is 1. The lowest BCUT2D eigenvalue weighted by Gasteiger charge is -2.37. The smallest absolute Gasteiger partial charge is 0.248 e. The van der Waals surface area contributed by atoms with E-state index >= 15 is 0 Å². The Kier molecular flexibility index (Phi) is 7.90. The predicted molar refractivity (Wildman–Crippen MR) is 140 cm³/mol. The number of nitrogens with zero attached hydrogens (tertiary/aromatic N) is 3. The molecule has 2 unspecified atom stereocenters. The van der Waals surface area contributed by atoms with Crippen molar-refractivity contribution >= 4 is 17.7 Å². The van der Waals surface area contributed by atoms with Crippen LogP contribution >= 0.6 is 0 Å². The molecule has 0 aliphatic carbocycles. The first-order valence-corrected chi connectivity index (χ1v) is 13.1. The van der Waals surface area contributed by atoms with Gasteiger partial charge in [0.15, 0.2) is 0 Å². The van der Waals surface area contributed by atoms with Crippen LogP contribution in [0.3, 0.4) is 0 Å². The van der Waals surface area contributed by atoms with Gasteiger partial charge in [0.05, 0.1) is 17.4 Å². The van der Waals surface area contributed by atoms with Gasteiger partial charge in [-0.3, -0.25) is 14.4 Å². The summed E-state index contributed by atoms with van der Waals surface area (Å²) in [4.78, 5) is 46.9. The van der Waals surface area contributed by atoms with Crippen molar-refractivity contribution < 1.29 is 24.2 Å². The summed E-state index contributed by atoms with van der Waals surface area (Å²) >= 11 is 0. The molecule has 3 amide bonds. The van der Waals surface area contributed by atoms with Gasteiger partial charge in [-0.2, -0.15) is 0 Å². The van der Waals surface area contributed by atoms with E-state index in [2.05, 4.69) is 13.2 Å². The van der Waals surface area contributed by atoms with Gasteiger partial charge in [-0.25, -0.2) is 0 Å². The van der Waals surface area contributed by atoms with Crippen molar-refractivity contribution in [3.05, 3.63) is 61.2 Å². The molecule has 1 aromatic rings. The maximum absolute atomic E-state index is 14.3. The lowest BCUT2D eigenvalue weighted by molar-refractivity contribution is -0.153. The third-order valence-electron chi connectivity index (χ3n) is 8.24. The lowest BCUT2D eigenvalue weighted by Crippen LogP contribution is -2.56. The van der Waals surface area contributed by atoms with Crippen LogP contribution in [-0.2, 0) is 25.7 Å². The van der Waals surface area contributed by atoms with Crippen molar-refractivity contribution in [3.63, 3.8) is 0 Å². The SMILES string of the molecule is C=CCN(C)C(=O)[C@@H]1[C@H]2C(=O)N(CCCCO)C(C(=O)N(CC=C)Cc3ccccc3)C23CC[C@@]1(C)O3. The fourth-order valence-electron chi connectivity index (χ4n) is 6.60. The molecule has 8 nitrogen and oxygen atoms in total. The maximum atomic E-state index is 14.3. The van der Waals surface area contributed by atoms with Crippen LogP contribution in [-0.4, -0.2) is 88.1 Å². The maximum Gasteiger partial charge on any atom is 0.248 e. The van der Waals surface area contributed by atoms with Gasteiger partial charge in [-0.1, -0.05) is 42.5 Å². The Hall–Kier alpha value is -2.97. The first kappa shape index (κ1) is 27.1. The van der Waals surface area contributed by atoms with E-state index in [1.807, 2.05) is 37.3 Å². The number of carbonyl (C=O) groups excluding carboxylic acids is 3. The highest BCUT2D eigenvalue weighted by Gasteiger charge is 2.78. The Labute approximate surface area is 219 Å². The molecular formula is C29H39N3O5. The fourth-order valence-corrected chi connectivity index (χ4v) is 6.60. The summed E-state index contributed by atoms with van der Waals surface area (Å²) in [7, 11) is 1.71. The summed E-state index contributed by atoms with van der Waals surface area (Å²) in [6.45, 7) is 10.9. The molecule has 3 aliphatic rings. The number of aliphatic hydroxyl groups is 1. The predicted octanol–water partition coefficient (Wildman–Crippen LogP) is 2.38. The van der Waals surface area contributed by atoms with E-state index in [9.17, 15) is 19.5 Å². The van der Waals surface area contributed by atoms with Crippen LogP contribution in [0, 0.1) is 11.8 Å². The first-order valence-electron chi connectivity index (χ1n) is 13.1. The minimum Gasteiger partial charge on any atom is -0.396 e. The average Bonchev–Trinajstić information content (AvgIpc) is 3.45. The molecule has 0 radical (unpaired) electrons. The van der Waals surface area contributed by atoms with E-state index in [-0.39, 0.29) is 24.3 Å². The van der Waals surface area contributed by atoms with Crippen LogP contribution in [0.2, 0.25) is 0 Å². The monoisotopic (exact) mass is 509 g/mol. The van der Waals surface area contributed by atoms with Gasteiger partial charge in [0, 0.05) is 39.8 Å². The number of aliphatic hydroxyl groups excluding tert-OH is 1. The zero-order valence-electron chi connectivity index (χ0n) is 22.0. The Morgan fingerprint density at radius 2 is 1.84 bits per heavy atom. The van der Waals surface area contributed by atoms with Crippen molar-refractivity contribution in [1.29, 1.82) is 0 Å². The van der Waals surface area contributed by atoms with Crippen molar-refractivity contribution in [2.75, 3.05) is 33.3 Å². The van der Waals surface area contributed by atoms with E-state index in [0.29, 0.717) is 51.9 Å². The molecule has 1 aromatic carbocycles. The summed E-state index contributed by atoms with van der Waals surface area (Å²) in [5, 5.41) is 9.36. The number of hydrogen-bond acceptors (Lipinski definition) is 5. The van der Waals surface area contributed by atoms with Gasteiger partial charge < -0.3 is 24.5 Å². The number of unbranched alkanes of at least 4 members (excludes halogenated alkanes) is 1. The van der Waals surface area contributed by atoms with Crippen LogP contribution in [0.4, 0.5) is 0 Å². The second-order valence-electron chi connectivity index (χ2n) is 10.7. The molecule has 0 aromatic heterocycles. The summed E-state index contributed by atoms with van der Waals surface area (Å²) in [6.07, 6.45) is 5.56. The van der Waals surface area contributed by atoms with E-state index in [4.69, 9.17) is 4.74 Å². The second kappa shape index (κ2) is 10.8. The van der Waals surface area contributed by atoms with Crippen LogP contribution < -0.4 is 0 Å². The molecule has 3 fully saturated rings. The zero-order chi connectivity index (χ0) is 26.8. The Morgan fingerprint density at radius 3 is 2.49 bits per heavy atom. The average molecular weight is 510 g/mol. The summed E-state index contributed by atoms with van der Waals surface area (Å²) in [5.41, 5.74) is -0.899. The standard InChI is InChI=1S/C29H39N3O5/c1-5-16-30(4)25(34)22-23-26(35)32(18-10-11-19-33)24(29(23)15-14-28(22,3)37-29)27(36)31(17-6-2)20-21-12-8-7-9-13-21/h5-9,12-13,22-24,33H,1-2,10-11,14-20H2,3-4H3/t22-,23-,24?,28+,29?/m0/s1. The van der Waals surface area contributed by atoms with E-state index in [1.165, 1.54) is 0 Å². The Morgan fingerprint density at radius 1 is 1.14 bits per heavy atom. The minimum atomic E-state index is -1.06. The molecule has 4 rings (SSSR count). The molecular weight excluding hydrogens is 470 g/mol. The molecule has 0 saturated carbocycles. The van der Waals surface area contributed by atoms with Crippen LogP contribution in [0.15, 0.2) is 55.6 Å². The van der Waals surface area contributed by atoms with Gasteiger partial charge >= 0.3 is 0 Å². The molecule has 3 aliphatic heterocycles. The molecule has 3 heterocycles. The summed E-state index contributed by atoms with van der Waals surface area (Å²) < 4.78 is 6.69. The van der Waals surface area contributed by atoms with Crippen LogP contribution in [0.1, 0.15) is 38.2 Å². The molecule has 8 heteroatoms. The molecule has 5 atom stereocenters. The normalized spacial score (nSPS) is 29.8. The number of ether oxygens (including phenoxy) is 1. The number of amides is 3. The van der Waals surface area contributed by atoms with Crippen LogP contribution in [0.5, 0.6) is 0 Å². The molecule has 2 bridgehead atoms. The summed E-state index contributed by atoms with van der Waals surface area (Å²) in [5.74, 6) is -1.95. The van der Waals surface area contributed by atoms with Crippen LogP contribution in [0.25, 0.3) is 0 Å². The topological polar surface area (TPSA) is 90.4 Å². The van der Waals surface area contributed by atoms with Gasteiger partial charge in [0.1, 0.15) is 11.6 Å². The van der Waals surface area contributed by atoms with Gasteiger partial charge in [-0.15, -0.1) is 13.2 Å². The second-order valence-corrected chi connectivity index (χ2v) is 10.7. The molecule has 1 spiro atoms. The highest BCUT2D eigenvalue weighted by atomic mass is 16.5. The van der Waals surface area contributed by atoms with E-state index in [1.54, 1.807) is 33.9 Å². The zero-order valence-corrected chi connectivity index (χ0v) is 22.0. The Bertz CT molecular complexity index is 1050. The van der Waals surface area contributed by atoms with E-state index < -0.39 is 29.1 Å². The highest BCUT2D eigenvalue weighted by Crippen LogP contribution is 2.63. The lowest BCUT2D eigenvalue weighted by atomic mass is 9.66. The Balaban J connectivity index is 1.73. The minimum absolute atomic E-state index is 0.00778. The third-order valence-corrected chi connectivity index (χ3v) is 8.24. The molecule has 200 valence electrons. The number of fused-ring (bicyclic) bond motifs is 1.